The van der Waals surface area contributed by atoms with Crippen molar-refractivity contribution >= 4 is 38.8 Å². The summed E-state index contributed by atoms with van der Waals surface area (Å²) in [7, 11) is -0.998. The van der Waals surface area contributed by atoms with Crippen LogP contribution in [0.15, 0.2) is 59.5 Å². The van der Waals surface area contributed by atoms with E-state index in [4.69, 9.17) is 0 Å². The predicted molar refractivity (Wildman–Crippen MR) is 98.7 cm³/mol. The molecule has 2 aromatic rings. The third-order valence-electron chi connectivity index (χ3n) is 3.94. The number of rotatable bonds is 3. The van der Waals surface area contributed by atoms with Crippen LogP contribution in [-0.2, 0) is 15.6 Å². The standard InChI is InChI=1S/C19H18O2S2/c1-19(2)17(14-9-11-15(12-10-14)23(3)21)16(18(20)22-19)13-7-5-4-6-8-13/h4-12H,1-3H3. The summed E-state index contributed by atoms with van der Waals surface area (Å²) in [6, 6.07) is 17.5. The van der Waals surface area contributed by atoms with Gasteiger partial charge in [-0.05, 0) is 42.7 Å². The molecule has 23 heavy (non-hydrogen) atoms. The van der Waals surface area contributed by atoms with E-state index in [9.17, 15) is 9.00 Å². The van der Waals surface area contributed by atoms with E-state index < -0.39 is 10.8 Å². The maximum absolute atomic E-state index is 12.6. The van der Waals surface area contributed by atoms with E-state index in [1.54, 1.807) is 6.26 Å². The van der Waals surface area contributed by atoms with Gasteiger partial charge in [0, 0.05) is 32.3 Å². The molecule has 3 rings (SSSR count). The van der Waals surface area contributed by atoms with Crippen molar-refractivity contribution in [1.29, 1.82) is 0 Å². The molecule has 0 aliphatic carbocycles. The summed E-state index contributed by atoms with van der Waals surface area (Å²) in [6.45, 7) is 4.15. The Morgan fingerprint density at radius 2 is 1.52 bits per heavy atom. The number of benzene rings is 2. The van der Waals surface area contributed by atoms with Crippen LogP contribution in [-0.4, -0.2) is 20.3 Å². The fraction of sp³-hybridized carbons (Fsp3) is 0.211. The summed E-state index contributed by atoms with van der Waals surface area (Å²) in [5, 5.41) is 0.111. The fourth-order valence-electron chi connectivity index (χ4n) is 2.91. The summed E-state index contributed by atoms with van der Waals surface area (Å²) in [4.78, 5) is 13.4. The van der Waals surface area contributed by atoms with Crippen LogP contribution in [0.2, 0.25) is 0 Å². The van der Waals surface area contributed by atoms with E-state index >= 15 is 0 Å². The third-order valence-corrected chi connectivity index (χ3v) is 5.98. The lowest BCUT2D eigenvalue weighted by Crippen LogP contribution is -2.13. The van der Waals surface area contributed by atoms with Crippen LogP contribution in [0.5, 0.6) is 0 Å². The highest BCUT2D eigenvalue weighted by molar-refractivity contribution is 8.17. The highest BCUT2D eigenvalue weighted by Crippen LogP contribution is 2.51. The number of carbonyl (C=O) groups is 1. The van der Waals surface area contributed by atoms with Crippen molar-refractivity contribution in [3.05, 3.63) is 65.7 Å². The fourth-order valence-corrected chi connectivity index (χ4v) is 4.54. The lowest BCUT2D eigenvalue weighted by molar-refractivity contribution is -0.106. The summed E-state index contributed by atoms with van der Waals surface area (Å²) in [5.41, 5.74) is 3.80. The molecular weight excluding hydrogens is 324 g/mol. The van der Waals surface area contributed by atoms with E-state index in [0.29, 0.717) is 0 Å². The molecular formula is C19H18O2S2. The van der Waals surface area contributed by atoms with Crippen molar-refractivity contribution < 1.29 is 9.00 Å². The monoisotopic (exact) mass is 342 g/mol. The molecule has 0 aromatic heterocycles. The molecule has 0 saturated carbocycles. The zero-order valence-electron chi connectivity index (χ0n) is 13.3. The van der Waals surface area contributed by atoms with Gasteiger partial charge in [0.15, 0.2) is 0 Å². The molecule has 0 fully saturated rings. The molecule has 0 radical (unpaired) electrons. The first-order valence-electron chi connectivity index (χ1n) is 7.37. The van der Waals surface area contributed by atoms with Crippen LogP contribution in [0.1, 0.15) is 25.0 Å². The van der Waals surface area contributed by atoms with Crippen molar-refractivity contribution in [2.45, 2.75) is 23.5 Å². The van der Waals surface area contributed by atoms with E-state index in [-0.39, 0.29) is 9.86 Å². The zero-order valence-corrected chi connectivity index (χ0v) is 15.0. The second-order valence-electron chi connectivity index (χ2n) is 5.99. The first kappa shape index (κ1) is 16.2. The average molecular weight is 342 g/mol. The van der Waals surface area contributed by atoms with E-state index in [2.05, 4.69) is 13.8 Å². The molecule has 2 nitrogen and oxygen atoms in total. The second-order valence-corrected chi connectivity index (χ2v) is 8.97. The molecule has 1 aliphatic rings. The first-order chi connectivity index (χ1) is 10.9. The summed E-state index contributed by atoms with van der Waals surface area (Å²) < 4.78 is 11.3. The van der Waals surface area contributed by atoms with Crippen molar-refractivity contribution in [2.24, 2.45) is 0 Å². The Hall–Kier alpha value is -1.65. The Morgan fingerprint density at radius 3 is 2.09 bits per heavy atom. The van der Waals surface area contributed by atoms with Crippen molar-refractivity contribution in [3.8, 4) is 0 Å². The minimum Gasteiger partial charge on any atom is -0.282 e. The number of carbonyl (C=O) groups excluding carboxylic acids is 1. The quantitative estimate of drug-likeness (QED) is 0.830. The first-order valence-corrected chi connectivity index (χ1v) is 9.75. The van der Waals surface area contributed by atoms with Crippen LogP contribution < -0.4 is 0 Å². The Kier molecular flexibility index (Phi) is 4.30. The Morgan fingerprint density at radius 1 is 0.913 bits per heavy atom. The highest BCUT2D eigenvalue weighted by atomic mass is 32.2. The Bertz CT molecular complexity index is 803. The summed E-state index contributed by atoms with van der Waals surface area (Å²) in [5.74, 6) is 0. The molecule has 0 bridgehead atoms. The van der Waals surface area contributed by atoms with Crippen LogP contribution in [0.25, 0.3) is 11.1 Å². The van der Waals surface area contributed by atoms with Gasteiger partial charge in [-0.3, -0.25) is 9.00 Å². The summed E-state index contributed by atoms with van der Waals surface area (Å²) in [6.07, 6.45) is 1.67. The predicted octanol–water partition coefficient (Wildman–Crippen LogP) is 4.39. The second kappa shape index (κ2) is 6.10. The van der Waals surface area contributed by atoms with Gasteiger partial charge in [-0.2, -0.15) is 0 Å². The Labute approximate surface area is 143 Å². The molecule has 1 atom stereocenters. The molecule has 2 aromatic carbocycles. The molecule has 1 heterocycles. The van der Waals surface area contributed by atoms with Crippen molar-refractivity contribution in [1.82, 2.24) is 0 Å². The molecule has 4 heteroatoms. The van der Waals surface area contributed by atoms with Gasteiger partial charge < -0.3 is 0 Å². The summed E-state index contributed by atoms with van der Waals surface area (Å²) >= 11 is 1.37. The maximum Gasteiger partial charge on any atom is 0.221 e. The van der Waals surface area contributed by atoms with Crippen LogP contribution >= 0.6 is 11.8 Å². The smallest absolute Gasteiger partial charge is 0.221 e. The minimum absolute atomic E-state index is 0.111. The average Bonchev–Trinajstić information content (AvgIpc) is 2.77. The van der Waals surface area contributed by atoms with E-state index in [0.717, 1.165) is 27.2 Å². The van der Waals surface area contributed by atoms with E-state index in [1.807, 2.05) is 54.6 Å². The van der Waals surface area contributed by atoms with Gasteiger partial charge in [0.05, 0.1) is 0 Å². The van der Waals surface area contributed by atoms with Gasteiger partial charge in [-0.15, -0.1) is 0 Å². The lowest BCUT2D eigenvalue weighted by Gasteiger charge is -2.21. The molecule has 0 amide bonds. The van der Waals surface area contributed by atoms with Gasteiger partial charge >= 0.3 is 0 Å². The molecule has 0 N–H and O–H groups in total. The molecule has 0 spiro atoms. The largest absolute Gasteiger partial charge is 0.282 e. The van der Waals surface area contributed by atoms with Gasteiger partial charge in [-0.25, -0.2) is 0 Å². The number of thioether (sulfide) groups is 1. The van der Waals surface area contributed by atoms with Gasteiger partial charge in [0.2, 0.25) is 5.12 Å². The van der Waals surface area contributed by atoms with Crippen molar-refractivity contribution in [3.63, 3.8) is 0 Å². The third kappa shape index (κ3) is 3.06. The topological polar surface area (TPSA) is 34.1 Å². The maximum atomic E-state index is 12.6. The van der Waals surface area contributed by atoms with Gasteiger partial charge in [0.1, 0.15) is 0 Å². The van der Waals surface area contributed by atoms with Crippen molar-refractivity contribution in [2.75, 3.05) is 6.26 Å². The lowest BCUT2D eigenvalue weighted by atomic mass is 9.88. The normalized spacial score (nSPS) is 18.3. The number of hydrogen-bond donors (Lipinski definition) is 0. The molecule has 1 unspecified atom stereocenters. The molecule has 118 valence electrons. The molecule has 1 aliphatic heterocycles. The molecule has 0 saturated heterocycles. The SMILES string of the molecule is CS(=O)c1ccc(C2=C(c3ccccc3)C(=O)SC2(C)C)cc1. The number of hydrogen-bond acceptors (Lipinski definition) is 3. The van der Waals surface area contributed by atoms with Crippen LogP contribution in [0, 0.1) is 0 Å². The van der Waals surface area contributed by atoms with Gasteiger partial charge in [-0.1, -0.05) is 54.2 Å². The van der Waals surface area contributed by atoms with Crippen LogP contribution in [0.4, 0.5) is 0 Å². The zero-order chi connectivity index (χ0) is 16.6. The highest BCUT2D eigenvalue weighted by Gasteiger charge is 2.40. The minimum atomic E-state index is -0.998. The van der Waals surface area contributed by atoms with E-state index in [1.165, 1.54) is 11.8 Å². The van der Waals surface area contributed by atoms with Crippen LogP contribution in [0.3, 0.4) is 0 Å². The Balaban J connectivity index is 2.20. The van der Waals surface area contributed by atoms with Gasteiger partial charge in [0.25, 0.3) is 0 Å².